The van der Waals surface area contributed by atoms with E-state index in [0.29, 0.717) is 6.04 Å². The number of para-hydroxylation sites is 1. The van der Waals surface area contributed by atoms with Crippen molar-refractivity contribution < 1.29 is 4.74 Å². The van der Waals surface area contributed by atoms with Crippen LogP contribution in [0, 0.1) is 0 Å². The maximum Gasteiger partial charge on any atom is 0.146 e. The summed E-state index contributed by atoms with van der Waals surface area (Å²) in [5.41, 5.74) is 6.10. The zero-order valence-corrected chi connectivity index (χ0v) is 17.7. The van der Waals surface area contributed by atoms with Crippen molar-refractivity contribution in [1.29, 1.82) is 0 Å². The molecule has 3 aromatic rings. The molecule has 3 aliphatic heterocycles. The summed E-state index contributed by atoms with van der Waals surface area (Å²) in [4.78, 5) is 13.2. The monoisotopic (exact) mass is 413 g/mol. The van der Waals surface area contributed by atoms with Gasteiger partial charge in [-0.3, -0.25) is 4.99 Å². The summed E-state index contributed by atoms with van der Waals surface area (Å²) in [6, 6.07) is 17.5. The lowest BCUT2D eigenvalue weighted by Crippen LogP contribution is -2.58. The van der Waals surface area contributed by atoms with Crippen LogP contribution in [0.1, 0.15) is 24.2 Å². The van der Waals surface area contributed by atoms with E-state index in [4.69, 9.17) is 9.73 Å². The Kier molecular flexibility index (Phi) is 4.46. The topological polar surface area (TPSA) is 55.9 Å². The Morgan fingerprint density at radius 2 is 2.06 bits per heavy atom. The number of aryl methyl sites for hydroxylation is 1. The van der Waals surface area contributed by atoms with Crippen LogP contribution in [0.25, 0.3) is 10.9 Å². The summed E-state index contributed by atoms with van der Waals surface area (Å²) < 4.78 is 5.86. The van der Waals surface area contributed by atoms with E-state index < -0.39 is 0 Å². The van der Waals surface area contributed by atoms with Gasteiger partial charge >= 0.3 is 0 Å². The van der Waals surface area contributed by atoms with E-state index in [-0.39, 0.29) is 6.17 Å². The number of anilines is 1. The summed E-state index contributed by atoms with van der Waals surface area (Å²) in [7, 11) is 0. The number of nitrogens with one attached hydrogen (secondary N) is 2. The van der Waals surface area contributed by atoms with Crippen LogP contribution in [0.15, 0.2) is 71.2 Å². The van der Waals surface area contributed by atoms with Gasteiger partial charge in [0.1, 0.15) is 17.7 Å². The minimum absolute atomic E-state index is 0.108. The lowest BCUT2D eigenvalue weighted by molar-refractivity contribution is 0.00410. The maximum atomic E-state index is 5.86. The Hall–Kier alpha value is -3.25. The third kappa shape index (κ3) is 3.01. The van der Waals surface area contributed by atoms with Gasteiger partial charge in [0.15, 0.2) is 0 Å². The Morgan fingerprint density at radius 1 is 1.13 bits per heavy atom. The predicted molar refractivity (Wildman–Crippen MR) is 124 cm³/mol. The number of aromatic amines is 1. The fourth-order valence-corrected chi connectivity index (χ4v) is 5.09. The van der Waals surface area contributed by atoms with Gasteiger partial charge in [-0.15, -0.1) is 0 Å². The third-order valence-corrected chi connectivity index (χ3v) is 6.65. The van der Waals surface area contributed by atoms with E-state index in [1.807, 2.05) is 6.20 Å². The molecule has 6 rings (SSSR count). The Labute approximate surface area is 182 Å². The molecular formula is C25H27N5O. The Morgan fingerprint density at radius 3 is 3.00 bits per heavy atom. The van der Waals surface area contributed by atoms with Gasteiger partial charge in [-0.1, -0.05) is 37.3 Å². The summed E-state index contributed by atoms with van der Waals surface area (Å²) >= 11 is 0. The molecule has 2 aromatic carbocycles. The summed E-state index contributed by atoms with van der Waals surface area (Å²) in [5, 5.41) is 5.00. The molecule has 0 amide bonds. The molecule has 2 atom stereocenters. The SMILES string of the molecule is CCc1ccccc1N1CC2COCCN2C2=C1C=N[C@H](c1cccc3[nH]ccc13)N2. The van der Waals surface area contributed by atoms with Crippen LogP contribution in [0.3, 0.4) is 0 Å². The van der Waals surface area contributed by atoms with Crippen LogP contribution >= 0.6 is 0 Å². The second-order valence-electron chi connectivity index (χ2n) is 8.36. The molecule has 0 saturated carbocycles. The van der Waals surface area contributed by atoms with Crippen LogP contribution in [0.2, 0.25) is 0 Å². The zero-order chi connectivity index (χ0) is 20.8. The highest BCUT2D eigenvalue weighted by Gasteiger charge is 2.38. The number of morpholine rings is 1. The van der Waals surface area contributed by atoms with Gasteiger partial charge in [-0.05, 0) is 30.2 Å². The number of hydrogen-bond acceptors (Lipinski definition) is 5. The van der Waals surface area contributed by atoms with Crippen LogP contribution in [0.5, 0.6) is 0 Å². The third-order valence-electron chi connectivity index (χ3n) is 6.65. The van der Waals surface area contributed by atoms with Crippen molar-refractivity contribution >= 4 is 22.8 Å². The van der Waals surface area contributed by atoms with Gasteiger partial charge < -0.3 is 24.8 Å². The molecule has 2 N–H and O–H groups in total. The normalized spacial score (nSPS) is 23.0. The molecule has 6 nitrogen and oxygen atoms in total. The lowest BCUT2D eigenvalue weighted by atomic mass is 10.0. The number of rotatable bonds is 3. The number of allylic oxidation sites excluding steroid dienone is 1. The first-order valence-electron chi connectivity index (χ1n) is 11.1. The molecule has 0 aliphatic carbocycles. The molecule has 1 fully saturated rings. The van der Waals surface area contributed by atoms with Crippen molar-refractivity contribution in [3.63, 3.8) is 0 Å². The molecule has 0 radical (unpaired) electrons. The van der Waals surface area contributed by atoms with E-state index in [1.165, 1.54) is 22.2 Å². The van der Waals surface area contributed by atoms with Crippen molar-refractivity contribution in [3.05, 3.63) is 77.4 Å². The molecule has 1 unspecified atom stereocenters. The van der Waals surface area contributed by atoms with E-state index in [1.54, 1.807) is 0 Å². The molecule has 0 spiro atoms. The highest BCUT2D eigenvalue weighted by Crippen LogP contribution is 2.36. The summed E-state index contributed by atoms with van der Waals surface area (Å²) in [5.74, 6) is 1.16. The van der Waals surface area contributed by atoms with Crippen molar-refractivity contribution in [1.82, 2.24) is 15.2 Å². The van der Waals surface area contributed by atoms with Crippen LogP contribution in [-0.2, 0) is 11.2 Å². The molecule has 3 aliphatic rings. The predicted octanol–water partition coefficient (Wildman–Crippen LogP) is 3.79. The Bertz CT molecular complexity index is 1180. The fraction of sp³-hybridized carbons (Fsp3) is 0.320. The van der Waals surface area contributed by atoms with Crippen molar-refractivity contribution in [2.45, 2.75) is 25.6 Å². The average Bonchev–Trinajstić information content (AvgIpc) is 3.32. The maximum absolute atomic E-state index is 5.86. The molecule has 1 saturated heterocycles. The standard InChI is InChI=1S/C25H27N5O/c1-2-17-6-3-4-9-22(17)30-15-18-16-31-13-12-29(18)25-23(30)14-27-24(28-25)20-7-5-8-21-19(20)10-11-26-21/h3-11,14,18,24,26,28H,2,12-13,15-16H2,1H3/t18?,24-/m0/s1. The summed E-state index contributed by atoms with van der Waals surface area (Å²) in [6.07, 6.45) is 4.96. The fourth-order valence-electron chi connectivity index (χ4n) is 5.09. The van der Waals surface area contributed by atoms with Crippen LogP contribution in [-0.4, -0.2) is 48.4 Å². The molecular weight excluding hydrogens is 386 g/mol. The van der Waals surface area contributed by atoms with Crippen molar-refractivity contribution in [2.24, 2.45) is 4.99 Å². The number of hydrogen-bond donors (Lipinski definition) is 2. The van der Waals surface area contributed by atoms with Crippen LogP contribution in [0.4, 0.5) is 5.69 Å². The van der Waals surface area contributed by atoms with Gasteiger partial charge in [0.25, 0.3) is 0 Å². The number of aromatic nitrogens is 1. The van der Waals surface area contributed by atoms with E-state index in [2.05, 4.69) is 81.8 Å². The van der Waals surface area contributed by atoms with Gasteiger partial charge in [0, 0.05) is 41.4 Å². The number of aliphatic imine (C=N–C) groups is 1. The molecule has 4 heterocycles. The first-order valence-corrected chi connectivity index (χ1v) is 11.1. The molecule has 1 aromatic heterocycles. The largest absolute Gasteiger partial charge is 0.377 e. The molecule has 0 bridgehead atoms. The van der Waals surface area contributed by atoms with E-state index >= 15 is 0 Å². The Balaban J connectivity index is 1.43. The van der Waals surface area contributed by atoms with Gasteiger partial charge in [0.2, 0.25) is 0 Å². The smallest absolute Gasteiger partial charge is 0.146 e. The highest BCUT2D eigenvalue weighted by molar-refractivity contribution is 5.89. The zero-order valence-electron chi connectivity index (χ0n) is 17.7. The molecule has 31 heavy (non-hydrogen) atoms. The van der Waals surface area contributed by atoms with Gasteiger partial charge in [-0.2, -0.15) is 0 Å². The minimum atomic E-state index is -0.108. The number of benzene rings is 2. The number of nitrogens with zero attached hydrogens (tertiary/aromatic N) is 3. The molecule has 158 valence electrons. The highest BCUT2D eigenvalue weighted by atomic mass is 16.5. The first kappa shape index (κ1) is 18.5. The van der Waals surface area contributed by atoms with E-state index in [9.17, 15) is 0 Å². The van der Waals surface area contributed by atoms with Gasteiger partial charge in [-0.25, -0.2) is 0 Å². The summed E-state index contributed by atoms with van der Waals surface area (Å²) in [6.45, 7) is 5.53. The average molecular weight is 414 g/mol. The van der Waals surface area contributed by atoms with E-state index in [0.717, 1.165) is 49.8 Å². The molecule has 6 heteroatoms. The van der Waals surface area contributed by atoms with Crippen molar-refractivity contribution in [3.8, 4) is 0 Å². The minimum Gasteiger partial charge on any atom is -0.377 e. The van der Waals surface area contributed by atoms with Crippen molar-refractivity contribution in [2.75, 3.05) is 31.2 Å². The number of H-pyrrole nitrogens is 1. The number of ether oxygens (including phenoxy) is 1. The lowest BCUT2D eigenvalue weighted by Gasteiger charge is -2.49. The van der Waals surface area contributed by atoms with Crippen LogP contribution < -0.4 is 10.2 Å². The quantitative estimate of drug-likeness (QED) is 0.686. The first-order chi connectivity index (χ1) is 15.3. The second kappa shape index (κ2) is 7.46. The number of fused-ring (bicyclic) bond motifs is 3. The van der Waals surface area contributed by atoms with Gasteiger partial charge in [0.05, 0.1) is 25.5 Å². The second-order valence-corrected chi connectivity index (χ2v) is 8.36.